The van der Waals surface area contributed by atoms with Crippen LogP contribution in [0.4, 0.5) is 17.1 Å². The minimum Gasteiger partial charge on any atom is -0.399 e. The lowest BCUT2D eigenvalue weighted by atomic mass is 10.2. The number of nitrogens with two attached hydrogens (primary N) is 1. The normalized spacial score (nSPS) is 10.3. The maximum atomic E-state index is 12.0. The minimum atomic E-state index is -0.0830. The molecule has 1 aromatic rings. The van der Waals surface area contributed by atoms with Crippen molar-refractivity contribution in [2.24, 2.45) is 0 Å². The number of nitrogens with one attached hydrogen (secondary N) is 2. The average molecular weight is 292 g/mol. The SMILES string of the molecule is CNc1ccc(N)cc1N(CCC=O)CC(=O)NC(C)C. The van der Waals surface area contributed by atoms with Crippen LogP contribution in [0.1, 0.15) is 20.3 Å². The van der Waals surface area contributed by atoms with Gasteiger partial charge in [-0.05, 0) is 32.0 Å². The highest BCUT2D eigenvalue weighted by atomic mass is 16.2. The summed E-state index contributed by atoms with van der Waals surface area (Å²) in [5.41, 5.74) is 8.14. The number of anilines is 3. The fourth-order valence-electron chi connectivity index (χ4n) is 2.06. The number of nitrogens with zero attached hydrogens (tertiary/aromatic N) is 1. The van der Waals surface area contributed by atoms with Gasteiger partial charge in [-0.2, -0.15) is 0 Å². The molecule has 1 aromatic carbocycles. The van der Waals surface area contributed by atoms with Crippen molar-refractivity contribution in [1.29, 1.82) is 0 Å². The molecule has 0 aromatic heterocycles. The van der Waals surface area contributed by atoms with E-state index in [0.29, 0.717) is 18.7 Å². The number of carbonyl (C=O) groups is 2. The van der Waals surface area contributed by atoms with Crippen molar-refractivity contribution in [1.82, 2.24) is 5.32 Å². The van der Waals surface area contributed by atoms with Crippen molar-refractivity contribution in [2.75, 3.05) is 36.1 Å². The van der Waals surface area contributed by atoms with Crippen molar-refractivity contribution in [3.8, 4) is 0 Å². The Bertz CT molecular complexity index is 489. The Kier molecular flexibility index (Phi) is 6.52. The van der Waals surface area contributed by atoms with Gasteiger partial charge in [0.15, 0.2) is 0 Å². The molecule has 0 bridgehead atoms. The van der Waals surface area contributed by atoms with Gasteiger partial charge in [0.1, 0.15) is 6.29 Å². The fraction of sp³-hybridized carbons (Fsp3) is 0.467. The van der Waals surface area contributed by atoms with E-state index in [9.17, 15) is 9.59 Å². The lowest BCUT2D eigenvalue weighted by molar-refractivity contribution is -0.120. The van der Waals surface area contributed by atoms with E-state index >= 15 is 0 Å². The van der Waals surface area contributed by atoms with Crippen LogP contribution in [0.2, 0.25) is 0 Å². The molecule has 6 heteroatoms. The average Bonchev–Trinajstić information content (AvgIpc) is 2.42. The standard InChI is InChI=1S/C15H24N4O2/c1-11(2)18-15(21)10-19(7-4-8-20)14-9-12(16)5-6-13(14)17-3/h5-6,8-9,11,17H,4,7,10,16H2,1-3H3,(H,18,21). The topological polar surface area (TPSA) is 87.5 Å². The first kappa shape index (κ1) is 16.8. The number of carbonyl (C=O) groups excluding carboxylic acids is 2. The first-order valence-corrected chi connectivity index (χ1v) is 7.03. The maximum absolute atomic E-state index is 12.0. The second kappa shape index (κ2) is 8.14. The molecule has 0 atom stereocenters. The third-order valence-corrected chi connectivity index (χ3v) is 2.93. The van der Waals surface area contributed by atoms with Crippen molar-refractivity contribution < 1.29 is 9.59 Å². The number of aldehydes is 1. The van der Waals surface area contributed by atoms with Crippen LogP contribution in [-0.2, 0) is 9.59 Å². The molecule has 0 fully saturated rings. The second-order valence-electron chi connectivity index (χ2n) is 5.13. The molecule has 6 nitrogen and oxygen atoms in total. The summed E-state index contributed by atoms with van der Waals surface area (Å²) in [7, 11) is 1.81. The highest BCUT2D eigenvalue weighted by Crippen LogP contribution is 2.28. The summed E-state index contributed by atoms with van der Waals surface area (Å²) >= 11 is 0. The summed E-state index contributed by atoms with van der Waals surface area (Å²) in [4.78, 5) is 24.5. The first-order valence-electron chi connectivity index (χ1n) is 7.03. The smallest absolute Gasteiger partial charge is 0.239 e. The Balaban J connectivity index is 2.98. The molecule has 0 radical (unpaired) electrons. The van der Waals surface area contributed by atoms with Crippen LogP contribution in [0.15, 0.2) is 18.2 Å². The van der Waals surface area contributed by atoms with Crippen molar-refractivity contribution in [3.05, 3.63) is 18.2 Å². The third kappa shape index (κ3) is 5.33. The molecule has 0 aliphatic rings. The highest BCUT2D eigenvalue weighted by molar-refractivity contribution is 5.84. The molecular formula is C15H24N4O2. The summed E-state index contributed by atoms with van der Waals surface area (Å²) in [6, 6.07) is 5.54. The van der Waals surface area contributed by atoms with Crippen LogP contribution >= 0.6 is 0 Å². The molecule has 0 aliphatic heterocycles. The van der Waals surface area contributed by atoms with Gasteiger partial charge in [-0.1, -0.05) is 0 Å². The molecular weight excluding hydrogens is 268 g/mol. The number of rotatable bonds is 8. The highest BCUT2D eigenvalue weighted by Gasteiger charge is 2.15. The van der Waals surface area contributed by atoms with Crippen LogP contribution in [0.25, 0.3) is 0 Å². The van der Waals surface area contributed by atoms with E-state index in [-0.39, 0.29) is 18.5 Å². The molecule has 116 valence electrons. The molecule has 0 saturated heterocycles. The number of amides is 1. The largest absolute Gasteiger partial charge is 0.399 e. The van der Waals surface area contributed by atoms with Gasteiger partial charge in [0.25, 0.3) is 0 Å². The van der Waals surface area contributed by atoms with E-state index < -0.39 is 0 Å². The van der Waals surface area contributed by atoms with Crippen molar-refractivity contribution in [2.45, 2.75) is 26.3 Å². The molecule has 1 rings (SSSR count). The third-order valence-electron chi connectivity index (χ3n) is 2.93. The van der Waals surface area contributed by atoms with E-state index in [4.69, 9.17) is 5.73 Å². The molecule has 0 saturated carbocycles. The summed E-state index contributed by atoms with van der Waals surface area (Å²) < 4.78 is 0. The number of nitrogen functional groups attached to an aromatic ring is 1. The second-order valence-corrected chi connectivity index (χ2v) is 5.13. The lowest BCUT2D eigenvalue weighted by Crippen LogP contribution is -2.40. The Morgan fingerprint density at radius 3 is 2.71 bits per heavy atom. The molecule has 4 N–H and O–H groups in total. The Morgan fingerprint density at radius 1 is 1.43 bits per heavy atom. The van der Waals surface area contributed by atoms with E-state index in [1.807, 2.05) is 24.8 Å². The van der Waals surface area contributed by atoms with Gasteiger partial charge in [0.05, 0.1) is 17.9 Å². The fourth-order valence-corrected chi connectivity index (χ4v) is 2.06. The number of hydrogen-bond acceptors (Lipinski definition) is 5. The van der Waals surface area contributed by atoms with Crippen molar-refractivity contribution >= 4 is 29.3 Å². The zero-order chi connectivity index (χ0) is 15.8. The number of benzene rings is 1. The van der Waals surface area contributed by atoms with E-state index in [2.05, 4.69) is 10.6 Å². The first-order chi connectivity index (χ1) is 9.97. The van der Waals surface area contributed by atoms with Crippen LogP contribution in [0.5, 0.6) is 0 Å². The van der Waals surface area contributed by atoms with Gasteiger partial charge in [-0.15, -0.1) is 0 Å². The molecule has 0 heterocycles. The Hall–Kier alpha value is -2.24. The van der Waals surface area contributed by atoms with Gasteiger partial charge in [0.2, 0.25) is 5.91 Å². The van der Waals surface area contributed by atoms with Crippen molar-refractivity contribution in [3.63, 3.8) is 0 Å². The predicted octanol–water partition coefficient (Wildman–Crippen LogP) is 1.23. The van der Waals surface area contributed by atoms with Crippen LogP contribution < -0.4 is 21.3 Å². The van der Waals surface area contributed by atoms with Gasteiger partial charge >= 0.3 is 0 Å². The maximum Gasteiger partial charge on any atom is 0.239 e. The van der Waals surface area contributed by atoms with Gasteiger partial charge < -0.3 is 26.1 Å². The molecule has 1 amide bonds. The Morgan fingerprint density at radius 2 is 2.14 bits per heavy atom. The summed E-state index contributed by atoms with van der Waals surface area (Å²) in [5.74, 6) is -0.0830. The summed E-state index contributed by atoms with van der Waals surface area (Å²) in [6.07, 6.45) is 1.20. The lowest BCUT2D eigenvalue weighted by Gasteiger charge is -2.26. The quantitative estimate of drug-likeness (QED) is 0.495. The molecule has 21 heavy (non-hydrogen) atoms. The van der Waals surface area contributed by atoms with Gasteiger partial charge in [0, 0.05) is 31.7 Å². The van der Waals surface area contributed by atoms with Gasteiger partial charge in [-0.25, -0.2) is 0 Å². The summed E-state index contributed by atoms with van der Waals surface area (Å²) in [6.45, 7) is 4.47. The molecule has 0 aliphatic carbocycles. The van der Waals surface area contributed by atoms with Crippen LogP contribution in [0, 0.1) is 0 Å². The van der Waals surface area contributed by atoms with Crippen LogP contribution in [0.3, 0.4) is 0 Å². The summed E-state index contributed by atoms with van der Waals surface area (Å²) in [5, 5.41) is 5.93. The zero-order valence-corrected chi connectivity index (χ0v) is 12.8. The van der Waals surface area contributed by atoms with Gasteiger partial charge in [-0.3, -0.25) is 4.79 Å². The monoisotopic (exact) mass is 292 g/mol. The minimum absolute atomic E-state index is 0.0787. The predicted molar refractivity (Wildman–Crippen MR) is 86.6 cm³/mol. The Labute approximate surface area is 125 Å². The van der Waals surface area contributed by atoms with E-state index in [1.165, 1.54) is 0 Å². The van der Waals surface area contributed by atoms with E-state index in [0.717, 1.165) is 17.7 Å². The van der Waals surface area contributed by atoms with Crippen LogP contribution in [-0.4, -0.2) is 38.4 Å². The molecule has 0 unspecified atom stereocenters. The zero-order valence-electron chi connectivity index (χ0n) is 12.8. The number of hydrogen-bond donors (Lipinski definition) is 3. The van der Waals surface area contributed by atoms with E-state index in [1.54, 1.807) is 19.2 Å². The molecule has 0 spiro atoms.